The van der Waals surface area contributed by atoms with Crippen LogP contribution in [-0.4, -0.2) is 21.5 Å². The van der Waals surface area contributed by atoms with E-state index in [2.05, 4.69) is 62.4 Å². The van der Waals surface area contributed by atoms with E-state index in [1.54, 1.807) is 0 Å². The molecule has 0 aliphatic heterocycles. The molecular weight excluding hydrogens is 432 g/mol. The summed E-state index contributed by atoms with van der Waals surface area (Å²) in [6, 6.07) is 17.8. The van der Waals surface area contributed by atoms with Gasteiger partial charge in [0, 0.05) is 0 Å². The van der Waals surface area contributed by atoms with E-state index < -0.39 is 21.5 Å². The first-order valence-corrected chi connectivity index (χ1v) is 16.6. The summed E-state index contributed by atoms with van der Waals surface area (Å²) in [7, 11) is 6.74. The molecule has 0 nitrogen and oxygen atoms in total. The molecule has 0 heterocycles. The summed E-state index contributed by atoms with van der Waals surface area (Å²) >= 11 is -2.38. The topological polar surface area (TPSA) is 0 Å². The first kappa shape index (κ1) is 14.1. The van der Waals surface area contributed by atoms with Crippen LogP contribution in [0.25, 0.3) is 0 Å². The van der Waals surface area contributed by atoms with Gasteiger partial charge in [-0.2, -0.15) is 0 Å². The monoisotopic (exact) mass is 450 g/mol. The predicted octanol–water partition coefficient (Wildman–Crippen LogP) is 3.16. The Morgan fingerprint density at radius 1 is 0.722 bits per heavy atom. The van der Waals surface area contributed by atoms with Crippen LogP contribution in [0.4, 0.5) is 0 Å². The SMILES string of the molecule is CCc1cc[c]([Tl]([Cl])[c]2ccc(CC)cc2)cc1. The van der Waals surface area contributed by atoms with Crippen LogP contribution in [0.15, 0.2) is 48.5 Å². The molecule has 0 saturated heterocycles. The van der Waals surface area contributed by atoms with Crippen molar-refractivity contribution in [3.63, 3.8) is 0 Å². The fraction of sp³-hybridized carbons (Fsp3) is 0.250. The Morgan fingerprint density at radius 3 is 1.33 bits per heavy atom. The summed E-state index contributed by atoms with van der Waals surface area (Å²) in [5.74, 6) is 0. The van der Waals surface area contributed by atoms with Gasteiger partial charge in [0.2, 0.25) is 0 Å². The third-order valence-electron chi connectivity index (χ3n) is 3.36. The van der Waals surface area contributed by atoms with Crippen molar-refractivity contribution < 1.29 is 0 Å². The molecule has 0 spiro atoms. The van der Waals surface area contributed by atoms with Crippen LogP contribution in [0.3, 0.4) is 0 Å². The summed E-state index contributed by atoms with van der Waals surface area (Å²) < 4.78 is 2.77. The van der Waals surface area contributed by atoms with Crippen LogP contribution in [0.5, 0.6) is 0 Å². The van der Waals surface area contributed by atoms with Crippen molar-refractivity contribution in [3.05, 3.63) is 59.7 Å². The molecule has 0 atom stereocenters. The summed E-state index contributed by atoms with van der Waals surface area (Å²) in [5.41, 5.74) is 2.77. The summed E-state index contributed by atoms with van der Waals surface area (Å²) in [5, 5.41) is 0. The Kier molecular flexibility index (Phi) is 5.25. The van der Waals surface area contributed by atoms with Crippen LogP contribution in [-0.2, 0) is 12.8 Å². The second-order valence-electron chi connectivity index (χ2n) is 4.55. The molecule has 0 bridgehead atoms. The third-order valence-corrected chi connectivity index (χ3v) is 15.3. The minimum atomic E-state index is -2.38. The van der Waals surface area contributed by atoms with Crippen LogP contribution in [0, 0.1) is 0 Å². The molecule has 2 aromatic carbocycles. The van der Waals surface area contributed by atoms with Gasteiger partial charge in [-0.1, -0.05) is 0 Å². The summed E-state index contributed by atoms with van der Waals surface area (Å²) in [4.78, 5) is 0. The maximum atomic E-state index is 6.74. The first-order chi connectivity index (χ1) is 8.74. The van der Waals surface area contributed by atoms with Crippen LogP contribution < -0.4 is 6.25 Å². The summed E-state index contributed by atoms with van der Waals surface area (Å²) in [6.45, 7) is 4.36. The average molecular weight is 450 g/mol. The molecule has 0 unspecified atom stereocenters. The number of halogens is 1. The Morgan fingerprint density at radius 2 is 1.06 bits per heavy atom. The molecule has 92 valence electrons. The molecule has 2 rings (SSSR count). The number of benzene rings is 2. The molecule has 0 radical (unpaired) electrons. The van der Waals surface area contributed by atoms with E-state index in [0.29, 0.717) is 0 Å². The zero-order valence-corrected chi connectivity index (χ0v) is 16.2. The van der Waals surface area contributed by atoms with E-state index >= 15 is 0 Å². The van der Waals surface area contributed by atoms with Gasteiger partial charge in [-0.25, -0.2) is 0 Å². The van der Waals surface area contributed by atoms with E-state index in [-0.39, 0.29) is 0 Å². The van der Waals surface area contributed by atoms with Gasteiger partial charge in [-0.15, -0.1) is 0 Å². The van der Waals surface area contributed by atoms with Crippen LogP contribution >= 0.6 is 8.32 Å². The Balaban J connectivity index is 2.20. The number of hydrogen-bond donors (Lipinski definition) is 0. The first-order valence-electron chi connectivity index (χ1n) is 6.56. The molecule has 0 saturated carbocycles. The van der Waals surface area contributed by atoms with E-state index in [9.17, 15) is 0 Å². The standard InChI is InChI=1S/2C8H9.ClH.Tl/c2*1-2-8-6-4-3-5-7-8;;/h2*4-7H,2H2,1H3;1H;/q;;;+1/p-1. The van der Waals surface area contributed by atoms with Gasteiger partial charge < -0.3 is 0 Å². The van der Waals surface area contributed by atoms with Crippen molar-refractivity contribution >= 4 is 36.0 Å². The van der Waals surface area contributed by atoms with Gasteiger partial charge in [0.05, 0.1) is 0 Å². The molecule has 0 aliphatic rings. The molecular formula is C16H18ClTl. The van der Waals surface area contributed by atoms with Gasteiger partial charge in [0.25, 0.3) is 0 Å². The molecule has 0 aromatic heterocycles. The van der Waals surface area contributed by atoms with Crippen molar-refractivity contribution in [2.75, 3.05) is 0 Å². The zero-order chi connectivity index (χ0) is 13.0. The van der Waals surface area contributed by atoms with Crippen molar-refractivity contribution in [1.82, 2.24) is 0 Å². The Bertz CT molecular complexity index is 440. The van der Waals surface area contributed by atoms with Crippen molar-refractivity contribution in [2.45, 2.75) is 26.7 Å². The van der Waals surface area contributed by atoms with Gasteiger partial charge in [0.15, 0.2) is 0 Å². The zero-order valence-electron chi connectivity index (χ0n) is 11.0. The minimum absolute atomic E-state index is 1.09. The van der Waals surface area contributed by atoms with Crippen molar-refractivity contribution in [2.24, 2.45) is 0 Å². The quantitative estimate of drug-likeness (QED) is 0.629. The van der Waals surface area contributed by atoms with E-state index in [1.807, 2.05) is 0 Å². The van der Waals surface area contributed by atoms with Gasteiger partial charge in [0.1, 0.15) is 0 Å². The average Bonchev–Trinajstić information content (AvgIpc) is 2.47. The van der Waals surface area contributed by atoms with Crippen LogP contribution in [0.2, 0.25) is 0 Å². The molecule has 2 heteroatoms. The van der Waals surface area contributed by atoms with Gasteiger partial charge in [-0.05, 0) is 0 Å². The van der Waals surface area contributed by atoms with Gasteiger partial charge in [-0.3, -0.25) is 0 Å². The Labute approximate surface area is 122 Å². The molecule has 0 amide bonds. The van der Waals surface area contributed by atoms with E-state index in [0.717, 1.165) is 12.8 Å². The summed E-state index contributed by atoms with van der Waals surface area (Å²) in [6.07, 6.45) is 2.19. The van der Waals surface area contributed by atoms with Crippen LogP contribution in [0.1, 0.15) is 25.0 Å². The van der Waals surface area contributed by atoms with Crippen molar-refractivity contribution in [1.29, 1.82) is 0 Å². The predicted molar refractivity (Wildman–Crippen MR) is 82.5 cm³/mol. The number of hydrogen-bond acceptors (Lipinski definition) is 0. The van der Waals surface area contributed by atoms with E-state index in [1.165, 1.54) is 17.4 Å². The van der Waals surface area contributed by atoms with Crippen molar-refractivity contribution in [3.8, 4) is 0 Å². The molecule has 0 fully saturated rings. The Hall–Kier alpha value is -0.348. The fourth-order valence-corrected chi connectivity index (χ4v) is 10.2. The van der Waals surface area contributed by atoms with E-state index in [4.69, 9.17) is 8.32 Å². The third kappa shape index (κ3) is 3.35. The number of aryl methyl sites for hydroxylation is 2. The number of rotatable bonds is 4. The normalized spacial score (nSPS) is 10.4. The second-order valence-corrected chi connectivity index (χ2v) is 16.4. The second kappa shape index (κ2) is 6.71. The fourth-order valence-electron chi connectivity index (χ4n) is 2.04. The molecule has 0 aliphatic carbocycles. The molecule has 2 aromatic rings. The van der Waals surface area contributed by atoms with Gasteiger partial charge >= 0.3 is 122 Å². The molecule has 0 N–H and O–H groups in total. The molecule has 18 heavy (non-hydrogen) atoms. The maximum absolute atomic E-state index is 6.74.